The molecule has 0 saturated heterocycles. The van der Waals surface area contributed by atoms with Gasteiger partial charge in [0.15, 0.2) is 0 Å². The van der Waals surface area contributed by atoms with E-state index in [9.17, 15) is 0 Å². The average Bonchev–Trinajstić information content (AvgIpc) is 0. The van der Waals surface area contributed by atoms with Crippen LogP contribution >= 0.6 is 0 Å². The zero-order chi connectivity index (χ0) is 0. The molecule has 0 aromatic carbocycles. The van der Waals surface area contributed by atoms with Crippen LogP contribution in [0.4, 0.5) is 0 Å². The van der Waals surface area contributed by atoms with Crippen molar-refractivity contribution in [1.29, 1.82) is 0 Å². The van der Waals surface area contributed by atoms with Gasteiger partial charge in [0.2, 0.25) is 0 Å². The molecule has 0 amide bonds. The summed E-state index contributed by atoms with van der Waals surface area (Å²) in [6.45, 7) is 0. The van der Waals surface area contributed by atoms with Gasteiger partial charge in [-0.15, -0.1) is 0 Å². The molecule has 4 heteroatoms. The summed E-state index contributed by atoms with van der Waals surface area (Å²) >= 11 is 0. The monoisotopic (exact) mass is 150 g/mol. The van der Waals surface area contributed by atoms with E-state index >= 15 is 0 Å². The van der Waals surface area contributed by atoms with Crippen LogP contribution in [0, 0.1) is 0 Å². The Morgan fingerprint density at radius 3 is 1.25 bits per heavy atom. The minimum absolute atomic E-state index is 0. The van der Waals surface area contributed by atoms with E-state index in [4.69, 9.17) is 0 Å². The Morgan fingerprint density at radius 2 is 1.25 bits per heavy atom. The molecule has 0 heterocycles. The van der Waals surface area contributed by atoms with Gasteiger partial charge in [-0.3, -0.25) is 0 Å². The van der Waals surface area contributed by atoms with Crippen LogP contribution in [0.2, 0.25) is 0 Å². The van der Waals surface area contributed by atoms with Gasteiger partial charge in [-0.25, -0.2) is 0 Å². The molecule has 4 heavy (non-hydrogen) atoms. The van der Waals surface area contributed by atoms with Crippen LogP contribution in [0.25, 0.3) is 0 Å². The van der Waals surface area contributed by atoms with E-state index in [-0.39, 0.29) is 73.7 Å². The smallest absolute Gasteiger partial charge is 1.00 e. The summed E-state index contributed by atoms with van der Waals surface area (Å²) in [5.41, 5.74) is 0. The molecule has 0 fully saturated rings. The van der Waals surface area contributed by atoms with Crippen LogP contribution in [-0.2, 0) is 19.5 Å². The molecule has 2 radical (unpaired) electrons. The number of hydrogen-bond acceptors (Lipinski definition) is 0. The van der Waals surface area contributed by atoms with Gasteiger partial charge in [-0.1, -0.05) is 0 Å². The second-order valence-corrected chi connectivity index (χ2v) is 0. The first-order chi connectivity index (χ1) is 0. The van der Waals surface area contributed by atoms with Gasteiger partial charge in [0, 0.05) is 19.5 Å². The molecule has 0 aliphatic carbocycles. The molecule has 0 bridgehead atoms. The van der Waals surface area contributed by atoms with Gasteiger partial charge >= 0.3 is 23.1 Å². The zero-order valence-corrected chi connectivity index (χ0v) is 11.8. The van der Waals surface area contributed by atoms with E-state index in [0.717, 1.165) is 0 Å². The third-order valence-electron chi connectivity index (χ3n) is 0. The standard InChI is InChI=1S/Al.Mg.H3Si.Zn.4H/h;;1H3;;;;;/q;+2;;;;;2*-1. The first-order valence-electron chi connectivity index (χ1n) is 0. The summed E-state index contributed by atoms with van der Waals surface area (Å²) in [5.74, 6) is 0. The van der Waals surface area contributed by atoms with Crippen molar-refractivity contribution in [3.8, 4) is 0 Å². The Kier molecular flexibility index (Phi) is 170. The van der Waals surface area contributed by atoms with Gasteiger partial charge in [0.1, 0.15) is 17.4 Å². The summed E-state index contributed by atoms with van der Waals surface area (Å²) in [6, 6.07) is 0. The molecule has 0 saturated carbocycles. The fourth-order valence-electron chi connectivity index (χ4n) is 0. The van der Waals surface area contributed by atoms with E-state index in [1.165, 1.54) is 0 Å². The molecular weight excluding hydrogens is 145 g/mol. The van der Waals surface area contributed by atoms with Crippen molar-refractivity contribution in [3.05, 3.63) is 0 Å². The van der Waals surface area contributed by atoms with Crippen LogP contribution in [-0.4, -0.2) is 51.4 Å². The van der Waals surface area contributed by atoms with Crippen LogP contribution in [0.15, 0.2) is 0 Å². The fourth-order valence-corrected chi connectivity index (χ4v) is 0. The van der Waals surface area contributed by atoms with Gasteiger partial charge in [-0.05, 0) is 11.0 Å². The predicted octanol–water partition coefficient (Wildman–Crippen LogP) is -2.26. The molecule has 0 spiro atoms. The molecule has 0 aromatic heterocycles. The summed E-state index contributed by atoms with van der Waals surface area (Å²) in [4.78, 5) is 0. The largest absolute Gasteiger partial charge is 2.00 e. The molecule has 0 nitrogen and oxygen atoms in total. The van der Waals surface area contributed by atoms with Crippen LogP contribution in [0.1, 0.15) is 2.85 Å². The SMILES string of the molecule is [AlH2].[H-].[H-].[Mg+2].[SiH3].[Zn]. The normalized spacial score (nSPS) is 0. The van der Waals surface area contributed by atoms with Crippen molar-refractivity contribution in [2.75, 3.05) is 0 Å². The van der Waals surface area contributed by atoms with E-state index in [0.29, 0.717) is 0 Å². The Balaban J connectivity index is 0. The summed E-state index contributed by atoms with van der Waals surface area (Å²) < 4.78 is 0. The molecule has 0 N–H and O–H groups in total. The fraction of sp³-hybridized carbons (Fsp3) is 0. The summed E-state index contributed by atoms with van der Waals surface area (Å²) in [5, 5.41) is 0. The minimum atomic E-state index is 0. The van der Waals surface area contributed by atoms with Crippen LogP contribution in [0.3, 0.4) is 0 Å². The second-order valence-electron chi connectivity index (χ2n) is 0. The topological polar surface area (TPSA) is 0 Å². The molecule has 0 unspecified atom stereocenters. The summed E-state index contributed by atoms with van der Waals surface area (Å²) in [7, 11) is 0. The maximum absolute atomic E-state index is 0. The van der Waals surface area contributed by atoms with E-state index in [1.54, 1.807) is 0 Å². The zero-order valence-electron chi connectivity index (χ0n) is 5.41. The second kappa shape index (κ2) is 19.2. The maximum Gasteiger partial charge on any atom is 2.00 e. The molecular formula is H7AlMgSiZn. The molecule has 0 aliphatic heterocycles. The molecule has 0 aliphatic rings. The summed E-state index contributed by atoms with van der Waals surface area (Å²) in [6.07, 6.45) is 0. The average molecular weight is 152 g/mol. The number of rotatable bonds is 0. The third-order valence-corrected chi connectivity index (χ3v) is 0. The predicted molar refractivity (Wildman–Crippen MR) is 26.5 cm³/mol. The van der Waals surface area contributed by atoms with Crippen molar-refractivity contribution in [3.63, 3.8) is 0 Å². The van der Waals surface area contributed by atoms with Crippen molar-refractivity contribution in [2.24, 2.45) is 0 Å². The first-order valence-corrected chi connectivity index (χ1v) is 0. The Bertz CT molecular complexity index is 13.5. The van der Waals surface area contributed by atoms with Crippen LogP contribution < -0.4 is 0 Å². The first kappa shape index (κ1) is 35.4. The maximum atomic E-state index is 0. The Labute approximate surface area is 73.1 Å². The quantitative estimate of drug-likeness (QED) is 0.343. The van der Waals surface area contributed by atoms with E-state index < -0.39 is 0 Å². The Hall–Kier alpha value is 2.14. The van der Waals surface area contributed by atoms with Crippen molar-refractivity contribution in [1.82, 2.24) is 0 Å². The molecule has 0 rings (SSSR count). The molecule has 0 atom stereocenters. The van der Waals surface area contributed by atoms with E-state index in [1.807, 2.05) is 0 Å². The molecule has 0 aromatic rings. The van der Waals surface area contributed by atoms with Crippen LogP contribution in [0.5, 0.6) is 0 Å². The van der Waals surface area contributed by atoms with E-state index in [2.05, 4.69) is 0 Å². The van der Waals surface area contributed by atoms with Gasteiger partial charge in [0.05, 0.1) is 0 Å². The molecule has 18 valence electrons. The van der Waals surface area contributed by atoms with Gasteiger partial charge < -0.3 is 2.85 Å². The third kappa shape index (κ3) is 8.91. The number of hydrogen-bond donors (Lipinski definition) is 0. The van der Waals surface area contributed by atoms with Crippen molar-refractivity contribution < 1.29 is 22.3 Å². The Morgan fingerprint density at radius 1 is 1.25 bits per heavy atom. The van der Waals surface area contributed by atoms with Crippen molar-refractivity contribution in [2.45, 2.75) is 0 Å². The minimum Gasteiger partial charge on any atom is -1.00 e. The van der Waals surface area contributed by atoms with Gasteiger partial charge in [-0.2, -0.15) is 0 Å². The van der Waals surface area contributed by atoms with Crippen molar-refractivity contribution >= 4 is 51.4 Å². The van der Waals surface area contributed by atoms with Gasteiger partial charge in [0.25, 0.3) is 0 Å².